The van der Waals surface area contributed by atoms with E-state index in [0.717, 1.165) is 12.1 Å². The standard InChI is InChI=1S/C20H11Cl2F2N3O3S/c21-13-7-12-5-6-30-19(12)17(8-13)31(28,29)27-16-4-3-15(23)14(18(16)24)2-1-11-9-25-20(22)26-10-11/h3-4,7-10,27H,5-6H2. The maximum Gasteiger partial charge on any atom is 0.265 e. The van der Waals surface area contributed by atoms with Crippen molar-refractivity contribution in [3.63, 3.8) is 0 Å². The Morgan fingerprint density at radius 2 is 1.84 bits per heavy atom. The highest BCUT2D eigenvalue weighted by molar-refractivity contribution is 7.92. The molecule has 11 heteroatoms. The average Bonchev–Trinajstić information content (AvgIpc) is 3.19. The van der Waals surface area contributed by atoms with Gasteiger partial charge < -0.3 is 4.74 Å². The summed E-state index contributed by atoms with van der Waals surface area (Å²) in [5.41, 5.74) is -0.211. The van der Waals surface area contributed by atoms with Crippen molar-refractivity contribution in [2.75, 3.05) is 11.3 Å². The van der Waals surface area contributed by atoms with Crippen LogP contribution in [-0.4, -0.2) is 25.0 Å². The topological polar surface area (TPSA) is 81.2 Å². The van der Waals surface area contributed by atoms with Crippen molar-refractivity contribution < 1.29 is 21.9 Å². The van der Waals surface area contributed by atoms with Gasteiger partial charge in [-0.1, -0.05) is 23.4 Å². The fourth-order valence-electron chi connectivity index (χ4n) is 2.89. The Morgan fingerprint density at radius 3 is 2.58 bits per heavy atom. The molecule has 0 amide bonds. The number of anilines is 1. The van der Waals surface area contributed by atoms with Gasteiger partial charge in [0.1, 0.15) is 16.5 Å². The molecule has 0 radical (unpaired) electrons. The van der Waals surface area contributed by atoms with E-state index in [0.29, 0.717) is 18.6 Å². The number of hydrogen-bond donors (Lipinski definition) is 1. The Hall–Kier alpha value is -2.93. The Morgan fingerprint density at radius 1 is 1.10 bits per heavy atom. The van der Waals surface area contributed by atoms with Gasteiger partial charge >= 0.3 is 0 Å². The molecule has 1 aliphatic rings. The third-order valence-electron chi connectivity index (χ3n) is 4.29. The second kappa shape index (κ2) is 8.30. The summed E-state index contributed by atoms with van der Waals surface area (Å²) < 4.78 is 62.4. The van der Waals surface area contributed by atoms with E-state index in [2.05, 4.69) is 26.5 Å². The molecule has 6 nitrogen and oxygen atoms in total. The SMILES string of the molecule is O=S(=O)(Nc1ccc(F)c(C#Cc2cnc(Cl)nc2)c1F)c1cc(Cl)cc2c1OCC2. The molecule has 1 aromatic heterocycles. The maximum absolute atomic E-state index is 14.9. The van der Waals surface area contributed by atoms with Crippen LogP contribution in [0.4, 0.5) is 14.5 Å². The third kappa shape index (κ3) is 4.42. The van der Waals surface area contributed by atoms with Crippen LogP contribution in [0.3, 0.4) is 0 Å². The quantitative estimate of drug-likeness (QED) is 0.447. The van der Waals surface area contributed by atoms with Gasteiger partial charge in [-0.2, -0.15) is 0 Å². The van der Waals surface area contributed by atoms with Gasteiger partial charge in [0, 0.05) is 29.4 Å². The molecule has 0 unspecified atom stereocenters. The summed E-state index contributed by atoms with van der Waals surface area (Å²) in [7, 11) is -4.29. The van der Waals surface area contributed by atoms with Gasteiger partial charge in [-0.15, -0.1) is 0 Å². The minimum atomic E-state index is -4.29. The first kappa shape index (κ1) is 21.3. The zero-order valence-corrected chi connectivity index (χ0v) is 17.7. The van der Waals surface area contributed by atoms with Crippen LogP contribution < -0.4 is 9.46 Å². The van der Waals surface area contributed by atoms with E-state index < -0.39 is 32.9 Å². The van der Waals surface area contributed by atoms with Crippen molar-refractivity contribution in [1.29, 1.82) is 0 Å². The number of fused-ring (bicyclic) bond motifs is 1. The summed E-state index contributed by atoms with van der Waals surface area (Å²) in [6, 6.07) is 4.68. The number of hydrogen-bond acceptors (Lipinski definition) is 5. The lowest BCUT2D eigenvalue weighted by Crippen LogP contribution is -2.15. The first-order valence-electron chi connectivity index (χ1n) is 8.70. The molecular weight excluding hydrogens is 471 g/mol. The van der Waals surface area contributed by atoms with Gasteiger partial charge in [-0.25, -0.2) is 27.2 Å². The summed E-state index contributed by atoms with van der Waals surface area (Å²) in [6.45, 7) is 0.303. The first-order chi connectivity index (χ1) is 14.7. The molecule has 2 aromatic carbocycles. The largest absolute Gasteiger partial charge is 0.492 e. The zero-order chi connectivity index (χ0) is 22.2. The van der Waals surface area contributed by atoms with Crippen LogP contribution in [0.25, 0.3) is 0 Å². The molecule has 0 spiro atoms. The van der Waals surface area contributed by atoms with E-state index >= 15 is 0 Å². The summed E-state index contributed by atoms with van der Waals surface area (Å²) in [6.07, 6.45) is 3.06. The van der Waals surface area contributed by atoms with Crippen molar-refractivity contribution in [2.45, 2.75) is 11.3 Å². The predicted octanol–water partition coefficient (Wildman–Crippen LogP) is 4.20. The molecule has 0 aliphatic carbocycles. The number of aromatic nitrogens is 2. The van der Waals surface area contributed by atoms with Crippen LogP contribution in [0, 0.1) is 23.5 Å². The number of rotatable bonds is 3. The Balaban J connectivity index is 1.71. The third-order valence-corrected chi connectivity index (χ3v) is 6.08. The fourth-order valence-corrected chi connectivity index (χ4v) is 4.57. The van der Waals surface area contributed by atoms with E-state index in [4.69, 9.17) is 27.9 Å². The van der Waals surface area contributed by atoms with Crippen LogP contribution in [0.5, 0.6) is 5.75 Å². The van der Waals surface area contributed by atoms with Gasteiger partial charge in [0.05, 0.1) is 23.4 Å². The minimum absolute atomic E-state index is 0.00389. The summed E-state index contributed by atoms with van der Waals surface area (Å²) in [5, 5.41) is 0.191. The van der Waals surface area contributed by atoms with Gasteiger partial charge in [0.25, 0.3) is 10.0 Å². The second-order valence-electron chi connectivity index (χ2n) is 6.37. The first-order valence-corrected chi connectivity index (χ1v) is 10.9. The molecule has 0 saturated heterocycles. The highest BCUT2D eigenvalue weighted by Crippen LogP contribution is 2.37. The van der Waals surface area contributed by atoms with E-state index in [-0.39, 0.29) is 26.5 Å². The minimum Gasteiger partial charge on any atom is -0.492 e. The van der Waals surface area contributed by atoms with Crippen LogP contribution in [0.2, 0.25) is 10.3 Å². The Kier molecular flexibility index (Phi) is 5.71. The lowest BCUT2D eigenvalue weighted by molar-refractivity contribution is 0.348. The average molecular weight is 482 g/mol. The number of nitrogens with one attached hydrogen (secondary N) is 1. The normalized spacial score (nSPS) is 12.5. The Labute approximate surface area is 186 Å². The summed E-state index contributed by atoms with van der Waals surface area (Å²) in [4.78, 5) is 7.21. The molecule has 31 heavy (non-hydrogen) atoms. The van der Waals surface area contributed by atoms with Crippen molar-refractivity contribution >= 4 is 38.9 Å². The van der Waals surface area contributed by atoms with Crippen molar-refractivity contribution in [2.24, 2.45) is 0 Å². The van der Waals surface area contributed by atoms with Gasteiger partial charge in [-0.05, 0) is 35.9 Å². The lowest BCUT2D eigenvalue weighted by Gasteiger charge is -2.13. The number of ether oxygens (including phenoxy) is 1. The number of nitrogens with zero attached hydrogens (tertiary/aromatic N) is 2. The molecule has 3 aromatic rings. The van der Waals surface area contributed by atoms with Crippen LogP contribution in [-0.2, 0) is 16.4 Å². The van der Waals surface area contributed by atoms with Crippen molar-refractivity contribution in [3.05, 3.63) is 75.3 Å². The van der Waals surface area contributed by atoms with Gasteiger partial charge in [0.2, 0.25) is 5.28 Å². The van der Waals surface area contributed by atoms with Gasteiger partial charge in [-0.3, -0.25) is 4.72 Å². The summed E-state index contributed by atoms with van der Waals surface area (Å²) >= 11 is 11.6. The van der Waals surface area contributed by atoms with E-state index in [1.807, 2.05) is 0 Å². The van der Waals surface area contributed by atoms with E-state index in [1.165, 1.54) is 18.5 Å². The number of benzene rings is 2. The molecule has 2 heterocycles. The highest BCUT2D eigenvalue weighted by atomic mass is 35.5. The Bertz CT molecular complexity index is 1350. The van der Waals surface area contributed by atoms with Crippen molar-refractivity contribution in [1.82, 2.24) is 9.97 Å². The molecular formula is C20H11Cl2F2N3O3S. The fraction of sp³-hybridized carbons (Fsp3) is 0.100. The van der Waals surface area contributed by atoms with Crippen LogP contribution >= 0.6 is 23.2 Å². The van der Waals surface area contributed by atoms with Gasteiger partial charge in [0.15, 0.2) is 5.82 Å². The number of halogens is 4. The van der Waals surface area contributed by atoms with Crippen LogP contribution in [0.1, 0.15) is 16.7 Å². The molecule has 1 aliphatic heterocycles. The predicted molar refractivity (Wildman–Crippen MR) is 111 cm³/mol. The molecule has 1 N–H and O–H groups in total. The highest BCUT2D eigenvalue weighted by Gasteiger charge is 2.28. The molecule has 0 saturated carbocycles. The monoisotopic (exact) mass is 481 g/mol. The zero-order valence-electron chi connectivity index (χ0n) is 15.4. The van der Waals surface area contributed by atoms with E-state index in [9.17, 15) is 17.2 Å². The molecule has 0 atom stereocenters. The second-order valence-corrected chi connectivity index (χ2v) is 8.80. The molecule has 158 valence electrons. The van der Waals surface area contributed by atoms with Crippen LogP contribution in [0.15, 0.2) is 41.6 Å². The molecule has 0 bridgehead atoms. The summed E-state index contributed by atoms with van der Waals surface area (Å²) in [5.74, 6) is 2.85. The van der Waals surface area contributed by atoms with E-state index in [1.54, 1.807) is 6.07 Å². The smallest absolute Gasteiger partial charge is 0.265 e. The number of sulfonamides is 1. The maximum atomic E-state index is 14.9. The lowest BCUT2D eigenvalue weighted by atomic mass is 10.1. The molecule has 0 fully saturated rings. The van der Waals surface area contributed by atoms with Crippen molar-refractivity contribution in [3.8, 4) is 17.6 Å². The molecule has 4 rings (SSSR count).